The quantitative estimate of drug-likeness (QED) is 0.343. The van der Waals surface area contributed by atoms with E-state index in [1.54, 1.807) is 33.7 Å². The fourth-order valence-corrected chi connectivity index (χ4v) is 5.73. The first kappa shape index (κ1) is 22.4. The highest BCUT2D eigenvalue weighted by molar-refractivity contribution is 9.10. The van der Waals surface area contributed by atoms with Gasteiger partial charge in [-0.1, -0.05) is 6.07 Å². The molecule has 2 amide bonds. The molecule has 2 fully saturated rings. The molecule has 0 radical (unpaired) electrons. The lowest BCUT2D eigenvalue weighted by Crippen LogP contribution is -2.46. The van der Waals surface area contributed by atoms with Gasteiger partial charge in [-0.05, 0) is 74.9 Å². The summed E-state index contributed by atoms with van der Waals surface area (Å²) in [4.78, 5) is 41.0. The molecule has 3 N–H and O–H groups in total. The third kappa shape index (κ3) is 3.75. The molecular weight excluding hydrogens is 585 g/mol. The number of halogens is 3. The van der Waals surface area contributed by atoms with E-state index in [1.807, 2.05) is 0 Å². The third-order valence-electron chi connectivity index (χ3n) is 6.67. The number of anilines is 2. The first-order valence-electron chi connectivity index (χ1n) is 10.9. The summed E-state index contributed by atoms with van der Waals surface area (Å²) < 4.78 is 17.0. The van der Waals surface area contributed by atoms with Gasteiger partial charge in [-0.2, -0.15) is 0 Å². The Labute approximate surface area is 215 Å². The fraction of sp³-hybridized carbons (Fsp3) is 0.261. The van der Waals surface area contributed by atoms with Crippen LogP contribution in [-0.4, -0.2) is 48.3 Å². The zero-order valence-electron chi connectivity index (χ0n) is 18.1. The van der Waals surface area contributed by atoms with Crippen LogP contribution in [0.15, 0.2) is 45.7 Å². The highest BCUT2D eigenvalue weighted by atomic mass is 79.9. The minimum absolute atomic E-state index is 0.0207. The number of piperidine rings is 1. The first-order chi connectivity index (χ1) is 16.8. The number of hydrogen-bond acceptors (Lipinski definition) is 6. The van der Waals surface area contributed by atoms with Crippen molar-refractivity contribution in [2.24, 2.45) is 5.92 Å². The number of nitrogens with zero attached hydrogens (tertiary/aromatic N) is 5. The maximum Gasteiger partial charge on any atom is 0.248 e. The van der Waals surface area contributed by atoms with Crippen molar-refractivity contribution in [1.29, 1.82) is 0 Å². The Morgan fingerprint density at radius 1 is 1.20 bits per heavy atom. The molecule has 9 nitrogen and oxygen atoms in total. The lowest BCUT2D eigenvalue weighted by molar-refractivity contribution is -0.138. The molecule has 0 bridgehead atoms. The van der Waals surface area contributed by atoms with E-state index in [1.165, 1.54) is 12.4 Å². The van der Waals surface area contributed by atoms with E-state index < -0.39 is 11.9 Å². The SMILES string of the molecule is Nc1ncnc2c1c1cc(Br)c(F)cc1n2CC(=O)N1C2C[C@@H]2C[C@H]1C(=O)Nc1cccc(Br)n1. The minimum Gasteiger partial charge on any atom is -0.383 e. The van der Waals surface area contributed by atoms with Crippen LogP contribution in [0.2, 0.25) is 0 Å². The minimum atomic E-state index is -0.606. The Morgan fingerprint density at radius 2 is 2.03 bits per heavy atom. The highest BCUT2D eigenvalue weighted by Crippen LogP contribution is 2.48. The maximum atomic E-state index is 14.5. The second-order valence-corrected chi connectivity index (χ2v) is 10.4. The topological polar surface area (TPSA) is 119 Å². The number of nitrogens with one attached hydrogen (secondary N) is 1. The second-order valence-electron chi connectivity index (χ2n) is 8.78. The van der Waals surface area contributed by atoms with E-state index >= 15 is 0 Å². The van der Waals surface area contributed by atoms with Gasteiger partial charge in [-0.25, -0.2) is 19.3 Å². The van der Waals surface area contributed by atoms with Gasteiger partial charge in [0.15, 0.2) is 0 Å². The van der Waals surface area contributed by atoms with E-state index in [4.69, 9.17) is 5.73 Å². The van der Waals surface area contributed by atoms with Crippen molar-refractivity contribution in [2.75, 3.05) is 11.1 Å². The number of nitrogens with two attached hydrogens (primary N) is 1. The van der Waals surface area contributed by atoms with Gasteiger partial charge in [0.1, 0.15) is 46.6 Å². The Hall–Kier alpha value is -3.12. The van der Waals surface area contributed by atoms with E-state index in [2.05, 4.69) is 52.1 Å². The Bertz CT molecular complexity index is 1540. The van der Waals surface area contributed by atoms with Crippen molar-refractivity contribution in [3.8, 4) is 0 Å². The highest BCUT2D eigenvalue weighted by Gasteiger charge is 2.56. The third-order valence-corrected chi connectivity index (χ3v) is 7.72. The van der Waals surface area contributed by atoms with Gasteiger partial charge < -0.3 is 20.5 Å². The average Bonchev–Trinajstić information content (AvgIpc) is 3.37. The molecule has 6 rings (SSSR count). The van der Waals surface area contributed by atoms with Crippen LogP contribution < -0.4 is 11.1 Å². The van der Waals surface area contributed by atoms with Crippen LogP contribution in [-0.2, 0) is 16.1 Å². The Kier molecular flexibility index (Phi) is 5.26. The molecule has 4 aromatic rings. The van der Waals surface area contributed by atoms with Crippen LogP contribution in [0, 0.1) is 11.7 Å². The number of benzene rings is 1. The molecule has 1 aliphatic heterocycles. The number of likely N-dealkylation sites (tertiary alicyclic amines) is 1. The van der Waals surface area contributed by atoms with Crippen molar-refractivity contribution in [1.82, 2.24) is 24.4 Å². The molecule has 3 aromatic heterocycles. The summed E-state index contributed by atoms with van der Waals surface area (Å²) in [6.45, 7) is -0.111. The molecule has 1 aliphatic carbocycles. The van der Waals surface area contributed by atoms with Crippen molar-refractivity contribution >= 4 is 77.2 Å². The zero-order valence-corrected chi connectivity index (χ0v) is 21.3. The molecule has 2 aliphatic rings. The van der Waals surface area contributed by atoms with Crippen LogP contribution in [0.5, 0.6) is 0 Å². The predicted molar refractivity (Wildman–Crippen MR) is 135 cm³/mol. The average molecular weight is 603 g/mol. The van der Waals surface area contributed by atoms with Crippen LogP contribution in [0.25, 0.3) is 21.9 Å². The molecule has 1 saturated heterocycles. The normalized spacial score (nSPS) is 20.9. The molecule has 178 valence electrons. The van der Waals surface area contributed by atoms with Gasteiger partial charge >= 0.3 is 0 Å². The molecule has 1 saturated carbocycles. The second kappa shape index (κ2) is 8.23. The summed E-state index contributed by atoms with van der Waals surface area (Å²) in [6, 6.07) is 7.61. The number of fused-ring (bicyclic) bond motifs is 4. The maximum absolute atomic E-state index is 14.5. The number of nitrogen functional groups attached to an aromatic ring is 1. The summed E-state index contributed by atoms with van der Waals surface area (Å²) in [7, 11) is 0. The first-order valence-corrected chi connectivity index (χ1v) is 12.5. The van der Waals surface area contributed by atoms with Crippen molar-refractivity contribution in [3.63, 3.8) is 0 Å². The van der Waals surface area contributed by atoms with Gasteiger partial charge in [0.2, 0.25) is 11.8 Å². The Morgan fingerprint density at radius 3 is 2.83 bits per heavy atom. The monoisotopic (exact) mass is 601 g/mol. The van der Waals surface area contributed by atoms with Crippen molar-refractivity contribution in [3.05, 3.63) is 51.6 Å². The fourth-order valence-electron chi connectivity index (χ4n) is 5.04. The smallest absolute Gasteiger partial charge is 0.248 e. The standard InChI is InChI=1S/C23H18Br2FN7O2/c24-12-6-11-15(7-13(12)26)32(22-20(11)21(27)28-9-29-22)8-19(34)33-14-4-10(14)5-16(33)23(35)31-18-3-1-2-17(25)30-18/h1-3,6-7,9-10,14,16H,4-5,8H2,(H2,27,28,29)(H,30,31,35)/t10-,14?,16+/m1/s1. The molecule has 35 heavy (non-hydrogen) atoms. The molecule has 4 heterocycles. The van der Waals surface area contributed by atoms with Crippen molar-refractivity contribution in [2.45, 2.75) is 31.5 Å². The zero-order chi connectivity index (χ0) is 24.4. The van der Waals surface area contributed by atoms with Gasteiger partial charge in [0.05, 0.1) is 15.4 Å². The van der Waals surface area contributed by atoms with Crippen LogP contribution in [0.3, 0.4) is 0 Å². The number of amides is 2. The number of hydrogen-bond donors (Lipinski definition) is 2. The summed E-state index contributed by atoms with van der Waals surface area (Å²) >= 11 is 6.51. The molecule has 1 unspecified atom stereocenters. The van der Waals surface area contributed by atoms with Gasteiger partial charge in [-0.3, -0.25) is 9.59 Å². The molecule has 3 atom stereocenters. The number of carbonyl (C=O) groups is 2. The predicted octanol–water partition coefficient (Wildman–Crippen LogP) is 3.85. The largest absolute Gasteiger partial charge is 0.383 e. The molecule has 12 heteroatoms. The summed E-state index contributed by atoms with van der Waals surface area (Å²) in [6.07, 6.45) is 2.78. The van der Waals surface area contributed by atoms with Gasteiger partial charge in [0.25, 0.3) is 0 Å². The molecule has 1 aromatic carbocycles. The number of rotatable bonds is 4. The molecule has 0 spiro atoms. The van der Waals surface area contributed by atoms with E-state index in [9.17, 15) is 14.0 Å². The van der Waals surface area contributed by atoms with E-state index in [-0.39, 0.29) is 34.7 Å². The van der Waals surface area contributed by atoms with Crippen LogP contribution in [0.1, 0.15) is 12.8 Å². The van der Waals surface area contributed by atoms with E-state index in [0.717, 1.165) is 6.42 Å². The number of pyridine rings is 1. The van der Waals surface area contributed by atoms with Gasteiger partial charge in [-0.15, -0.1) is 0 Å². The van der Waals surface area contributed by atoms with Crippen LogP contribution >= 0.6 is 31.9 Å². The Balaban J connectivity index is 1.34. The lowest BCUT2D eigenvalue weighted by Gasteiger charge is -2.27. The lowest BCUT2D eigenvalue weighted by atomic mass is 10.1. The van der Waals surface area contributed by atoms with Crippen LogP contribution in [0.4, 0.5) is 16.0 Å². The van der Waals surface area contributed by atoms with Crippen molar-refractivity contribution < 1.29 is 14.0 Å². The summed E-state index contributed by atoms with van der Waals surface area (Å²) in [5, 5.41) is 4.01. The van der Waals surface area contributed by atoms with Gasteiger partial charge in [0, 0.05) is 11.4 Å². The summed E-state index contributed by atoms with van der Waals surface area (Å²) in [5.74, 6) is -0.0334. The number of aromatic nitrogens is 4. The number of carbonyl (C=O) groups excluding carboxylic acids is 2. The van der Waals surface area contributed by atoms with E-state index in [0.29, 0.717) is 44.7 Å². The summed E-state index contributed by atoms with van der Waals surface area (Å²) in [5.41, 5.74) is 7.03. The molecular formula is C23H18Br2FN7O2.